The summed E-state index contributed by atoms with van der Waals surface area (Å²) in [6, 6.07) is 2.13. The second kappa shape index (κ2) is 4.14. The van der Waals surface area contributed by atoms with Crippen molar-refractivity contribution in [1.29, 1.82) is 0 Å². The quantitative estimate of drug-likeness (QED) is 0.608. The molecule has 15 heavy (non-hydrogen) atoms. The van der Waals surface area contributed by atoms with Crippen molar-refractivity contribution in [1.82, 2.24) is 15.2 Å². The third kappa shape index (κ3) is 1.94. The van der Waals surface area contributed by atoms with Crippen LogP contribution in [-0.2, 0) is 7.05 Å². The van der Waals surface area contributed by atoms with Crippen LogP contribution in [0.15, 0.2) is 23.8 Å². The summed E-state index contributed by atoms with van der Waals surface area (Å²) in [5, 5.41) is 6.22. The van der Waals surface area contributed by atoms with Crippen LogP contribution in [0, 0.1) is 6.92 Å². The molecule has 4 nitrogen and oxygen atoms in total. The second-order valence-electron chi connectivity index (χ2n) is 3.48. The average molecular weight is 222 g/mol. The molecule has 0 amide bonds. The number of hydrogen-bond acceptors (Lipinski definition) is 4. The van der Waals surface area contributed by atoms with Crippen LogP contribution in [0.1, 0.15) is 22.0 Å². The van der Waals surface area contributed by atoms with Gasteiger partial charge in [0, 0.05) is 23.7 Å². The van der Waals surface area contributed by atoms with Crippen LogP contribution < -0.4 is 11.3 Å². The van der Waals surface area contributed by atoms with Gasteiger partial charge >= 0.3 is 0 Å². The first-order valence-corrected chi connectivity index (χ1v) is 5.59. The van der Waals surface area contributed by atoms with Crippen LogP contribution >= 0.6 is 11.3 Å². The van der Waals surface area contributed by atoms with Gasteiger partial charge in [0.2, 0.25) is 0 Å². The Kier molecular flexibility index (Phi) is 2.86. The SMILES string of the molecule is Cc1sccc1C(NN)c1cnn(C)c1. The Hall–Kier alpha value is -1.17. The number of hydrazine groups is 1. The van der Waals surface area contributed by atoms with E-state index in [0.717, 1.165) is 5.56 Å². The molecule has 0 aliphatic heterocycles. The summed E-state index contributed by atoms with van der Waals surface area (Å²) in [5.41, 5.74) is 5.13. The standard InChI is InChI=1S/C10H14N4S/c1-7-9(3-4-15-7)10(13-11)8-5-12-14(2)6-8/h3-6,10,13H,11H2,1-2H3. The molecule has 0 saturated heterocycles. The molecule has 0 radical (unpaired) electrons. The van der Waals surface area contributed by atoms with Gasteiger partial charge in [-0.3, -0.25) is 10.5 Å². The van der Waals surface area contributed by atoms with Gasteiger partial charge < -0.3 is 0 Å². The van der Waals surface area contributed by atoms with Gasteiger partial charge in [0.15, 0.2) is 0 Å². The predicted octanol–water partition coefficient (Wildman–Crippen LogP) is 1.34. The molecule has 0 bridgehead atoms. The molecule has 2 heterocycles. The van der Waals surface area contributed by atoms with E-state index in [0.29, 0.717) is 0 Å². The smallest absolute Gasteiger partial charge is 0.0751 e. The van der Waals surface area contributed by atoms with Crippen molar-refractivity contribution in [3.63, 3.8) is 0 Å². The number of rotatable bonds is 3. The molecule has 0 aliphatic rings. The summed E-state index contributed by atoms with van der Waals surface area (Å²) in [6.45, 7) is 2.10. The number of nitrogens with zero attached hydrogens (tertiary/aromatic N) is 2. The molecule has 2 aromatic rings. The molecule has 0 aromatic carbocycles. The lowest BCUT2D eigenvalue weighted by Gasteiger charge is -2.13. The van der Waals surface area contributed by atoms with E-state index in [9.17, 15) is 0 Å². The van der Waals surface area contributed by atoms with Crippen molar-refractivity contribution in [3.8, 4) is 0 Å². The summed E-state index contributed by atoms with van der Waals surface area (Å²) in [4.78, 5) is 1.28. The molecule has 0 fully saturated rings. The highest BCUT2D eigenvalue weighted by Gasteiger charge is 2.16. The zero-order chi connectivity index (χ0) is 10.8. The van der Waals surface area contributed by atoms with Gasteiger partial charge in [-0.1, -0.05) is 0 Å². The van der Waals surface area contributed by atoms with E-state index in [4.69, 9.17) is 5.84 Å². The van der Waals surface area contributed by atoms with Crippen molar-refractivity contribution in [3.05, 3.63) is 39.8 Å². The van der Waals surface area contributed by atoms with Crippen molar-refractivity contribution >= 4 is 11.3 Å². The van der Waals surface area contributed by atoms with Gasteiger partial charge in [-0.15, -0.1) is 11.3 Å². The fourth-order valence-corrected chi connectivity index (χ4v) is 2.39. The van der Waals surface area contributed by atoms with E-state index in [1.807, 2.05) is 19.4 Å². The Balaban J connectivity index is 2.36. The van der Waals surface area contributed by atoms with Crippen LogP contribution in [0.4, 0.5) is 0 Å². The van der Waals surface area contributed by atoms with Gasteiger partial charge in [0.1, 0.15) is 0 Å². The van der Waals surface area contributed by atoms with E-state index in [2.05, 4.69) is 28.9 Å². The summed E-state index contributed by atoms with van der Waals surface area (Å²) in [7, 11) is 1.90. The van der Waals surface area contributed by atoms with Gasteiger partial charge in [-0.05, 0) is 23.9 Å². The van der Waals surface area contributed by atoms with E-state index < -0.39 is 0 Å². The lowest BCUT2D eigenvalue weighted by Crippen LogP contribution is -2.28. The van der Waals surface area contributed by atoms with Crippen molar-refractivity contribution < 1.29 is 0 Å². The lowest BCUT2D eigenvalue weighted by atomic mass is 10.0. The molecule has 5 heteroatoms. The summed E-state index contributed by atoms with van der Waals surface area (Å²) < 4.78 is 1.78. The number of aromatic nitrogens is 2. The molecule has 0 aliphatic carbocycles. The zero-order valence-corrected chi connectivity index (χ0v) is 9.58. The maximum absolute atomic E-state index is 5.59. The highest BCUT2D eigenvalue weighted by molar-refractivity contribution is 7.10. The van der Waals surface area contributed by atoms with Crippen LogP contribution in [0.5, 0.6) is 0 Å². The van der Waals surface area contributed by atoms with Crippen LogP contribution in [0.25, 0.3) is 0 Å². The van der Waals surface area contributed by atoms with Crippen molar-refractivity contribution in [2.75, 3.05) is 0 Å². The molecule has 3 N–H and O–H groups in total. The minimum Gasteiger partial charge on any atom is -0.275 e. The summed E-state index contributed by atoms with van der Waals surface area (Å²) in [5.74, 6) is 5.59. The van der Waals surface area contributed by atoms with E-state index in [1.54, 1.807) is 16.0 Å². The van der Waals surface area contributed by atoms with Gasteiger partial charge in [0.05, 0.1) is 12.2 Å². The fourth-order valence-electron chi connectivity index (χ4n) is 1.65. The summed E-state index contributed by atoms with van der Waals surface area (Å²) in [6.07, 6.45) is 3.81. The average Bonchev–Trinajstić information content (AvgIpc) is 2.79. The normalized spacial score (nSPS) is 13.0. The number of aryl methyl sites for hydroxylation is 2. The lowest BCUT2D eigenvalue weighted by molar-refractivity contribution is 0.635. The van der Waals surface area contributed by atoms with E-state index in [-0.39, 0.29) is 6.04 Å². The molecule has 2 aromatic heterocycles. The van der Waals surface area contributed by atoms with E-state index >= 15 is 0 Å². The molecular formula is C10H14N4S. The molecule has 80 valence electrons. The Morgan fingerprint density at radius 1 is 1.60 bits per heavy atom. The van der Waals surface area contributed by atoms with Gasteiger partial charge in [-0.2, -0.15) is 5.10 Å². The summed E-state index contributed by atoms with van der Waals surface area (Å²) >= 11 is 1.73. The Morgan fingerprint density at radius 2 is 2.40 bits per heavy atom. The number of hydrogen-bond donors (Lipinski definition) is 2. The Labute approximate surface area is 92.7 Å². The maximum Gasteiger partial charge on any atom is 0.0751 e. The monoisotopic (exact) mass is 222 g/mol. The van der Waals surface area contributed by atoms with Crippen molar-refractivity contribution in [2.45, 2.75) is 13.0 Å². The minimum atomic E-state index is 0.0324. The second-order valence-corrected chi connectivity index (χ2v) is 4.60. The number of thiophene rings is 1. The molecule has 0 spiro atoms. The number of nitrogens with one attached hydrogen (secondary N) is 1. The number of nitrogens with two attached hydrogens (primary N) is 1. The Morgan fingerprint density at radius 3 is 2.87 bits per heavy atom. The highest BCUT2D eigenvalue weighted by atomic mass is 32.1. The van der Waals surface area contributed by atoms with Gasteiger partial charge in [0.25, 0.3) is 0 Å². The van der Waals surface area contributed by atoms with Crippen LogP contribution in [-0.4, -0.2) is 9.78 Å². The van der Waals surface area contributed by atoms with E-state index in [1.165, 1.54) is 10.4 Å². The molecular weight excluding hydrogens is 208 g/mol. The van der Waals surface area contributed by atoms with Crippen LogP contribution in [0.2, 0.25) is 0 Å². The first kappa shape index (κ1) is 10.4. The third-order valence-electron chi connectivity index (χ3n) is 2.43. The topological polar surface area (TPSA) is 55.9 Å². The minimum absolute atomic E-state index is 0.0324. The maximum atomic E-state index is 5.59. The largest absolute Gasteiger partial charge is 0.275 e. The zero-order valence-electron chi connectivity index (χ0n) is 8.77. The first-order chi connectivity index (χ1) is 7.22. The molecule has 2 rings (SSSR count). The molecule has 1 unspecified atom stereocenters. The first-order valence-electron chi connectivity index (χ1n) is 4.71. The van der Waals surface area contributed by atoms with Crippen molar-refractivity contribution in [2.24, 2.45) is 12.9 Å². The fraction of sp³-hybridized carbons (Fsp3) is 0.300. The predicted molar refractivity (Wildman–Crippen MR) is 61.4 cm³/mol. The van der Waals surface area contributed by atoms with Gasteiger partial charge in [-0.25, -0.2) is 5.43 Å². The molecule has 0 saturated carbocycles. The Bertz CT molecular complexity index is 446. The third-order valence-corrected chi connectivity index (χ3v) is 3.30. The molecule has 1 atom stereocenters. The van der Waals surface area contributed by atoms with Crippen LogP contribution in [0.3, 0.4) is 0 Å². The highest BCUT2D eigenvalue weighted by Crippen LogP contribution is 2.26.